The highest BCUT2D eigenvalue weighted by molar-refractivity contribution is 6.08. The van der Waals surface area contributed by atoms with Gasteiger partial charge < -0.3 is 20.1 Å². The van der Waals surface area contributed by atoms with E-state index in [4.69, 9.17) is 19.9 Å². The monoisotopic (exact) mass is 568 g/mol. The number of aromatic nitrogens is 5. The molecule has 0 atom stereocenters. The van der Waals surface area contributed by atoms with Crippen molar-refractivity contribution < 1.29 is 19.4 Å². The zero-order valence-corrected chi connectivity index (χ0v) is 23.3. The molecule has 0 bridgehead atoms. The highest BCUT2D eigenvalue weighted by Gasteiger charge is 2.20. The number of anilines is 1. The number of imidazole rings is 1. The minimum Gasteiger partial charge on any atom is -0.476 e. The van der Waals surface area contributed by atoms with Crippen LogP contribution < -0.4 is 10.1 Å². The van der Waals surface area contributed by atoms with E-state index in [1.165, 1.54) is 4.90 Å². The number of amides is 2. The van der Waals surface area contributed by atoms with Gasteiger partial charge in [0.25, 0.3) is 5.91 Å². The molecule has 42 heavy (non-hydrogen) atoms. The highest BCUT2D eigenvalue weighted by atomic mass is 16.5. The third-order valence-electron chi connectivity index (χ3n) is 7.48. The molecule has 12 heteroatoms. The first kappa shape index (κ1) is 27.2. The molecule has 0 unspecified atom stereocenters. The second-order valence-electron chi connectivity index (χ2n) is 10.1. The Morgan fingerprint density at radius 3 is 2.67 bits per heavy atom. The summed E-state index contributed by atoms with van der Waals surface area (Å²) < 4.78 is 9.61. The molecule has 2 N–H and O–H groups in total. The number of nitrogens with zero attached hydrogens (tertiary/aromatic N) is 7. The van der Waals surface area contributed by atoms with E-state index in [9.17, 15) is 9.59 Å². The predicted octanol–water partition coefficient (Wildman–Crippen LogP) is 3.62. The topological polar surface area (TPSA) is 130 Å². The van der Waals surface area contributed by atoms with Gasteiger partial charge in [0.1, 0.15) is 17.9 Å². The molecule has 0 saturated carbocycles. The zero-order chi connectivity index (χ0) is 29.1. The molecule has 1 aliphatic heterocycles. The highest BCUT2D eigenvalue weighted by Crippen LogP contribution is 2.29. The smallest absolute Gasteiger partial charge is 0.407 e. The van der Waals surface area contributed by atoms with Crippen molar-refractivity contribution in [2.24, 2.45) is 0 Å². The molecule has 0 aliphatic carbocycles. The van der Waals surface area contributed by atoms with Crippen molar-refractivity contribution in [2.45, 2.75) is 19.9 Å². The third kappa shape index (κ3) is 5.61. The number of carbonyl (C=O) groups excluding carboxylic acids is 1. The van der Waals surface area contributed by atoms with Crippen LogP contribution >= 0.6 is 0 Å². The van der Waals surface area contributed by atoms with Gasteiger partial charge in [0.2, 0.25) is 5.88 Å². The Labute approximate surface area is 242 Å². The van der Waals surface area contributed by atoms with E-state index >= 15 is 0 Å². The lowest BCUT2D eigenvalue weighted by molar-refractivity contribution is 0.0979. The summed E-state index contributed by atoms with van der Waals surface area (Å²) >= 11 is 0. The van der Waals surface area contributed by atoms with Crippen LogP contribution in [0.2, 0.25) is 0 Å². The van der Waals surface area contributed by atoms with Crippen LogP contribution in [0.5, 0.6) is 5.88 Å². The van der Waals surface area contributed by atoms with Gasteiger partial charge in [-0.15, -0.1) is 0 Å². The summed E-state index contributed by atoms with van der Waals surface area (Å²) in [5.74, 6) is 0.288. The molecule has 0 radical (unpaired) electrons. The number of benzene rings is 1. The molecule has 0 spiro atoms. The van der Waals surface area contributed by atoms with Crippen molar-refractivity contribution in [2.75, 3.05) is 44.6 Å². The number of pyridine rings is 2. The molecular weight excluding hydrogens is 536 g/mol. The second kappa shape index (κ2) is 11.9. The van der Waals surface area contributed by atoms with E-state index in [0.717, 1.165) is 22.3 Å². The maximum Gasteiger partial charge on any atom is 0.407 e. The number of nitrogens with one attached hydrogen (secondary N) is 1. The molecule has 216 valence electrons. The summed E-state index contributed by atoms with van der Waals surface area (Å²) in [5, 5.41) is 18.0. The van der Waals surface area contributed by atoms with Crippen LogP contribution in [-0.2, 0) is 13.0 Å². The van der Waals surface area contributed by atoms with Crippen LogP contribution in [0.25, 0.3) is 16.6 Å². The van der Waals surface area contributed by atoms with Crippen LogP contribution in [0.3, 0.4) is 0 Å². The minimum atomic E-state index is -0.868. The summed E-state index contributed by atoms with van der Waals surface area (Å²) in [6, 6.07) is 17.1. The summed E-state index contributed by atoms with van der Waals surface area (Å²) in [4.78, 5) is 37.0. The van der Waals surface area contributed by atoms with E-state index in [0.29, 0.717) is 75.2 Å². The maximum absolute atomic E-state index is 13.2. The van der Waals surface area contributed by atoms with Crippen molar-refractivity contribution >= 4 is 34.2 Å². The number of fused-ring (bicyclic) bond motifs is 2. The van der Waals surface area contributed by atoms with Crippen LogP contribution in [0.1, 0.15) is 28.8 Å². The fourth-order valence-electron chi connectivity index (χ4n) is 5.29. The molecule has 1 aliphatic rings. The molecule has 6 rings (SSSR count). The van der Waals surface area contributed by atoms with Gasteiger partial charge in [-0.25, -0.2) is 14.8 Å². The quantitative estimate of drug-likeness (QED) is 0.276. The van der Waals surface area contributed by atoms with Gasteiger partial charge in [0, 0.05) is 50.4 Å². The summed E-state index contributed by atoms with van der Waals surface area (Å²) in [7, 11) is 0. The van der Waals surface area contributed by atoms with Crippen molar-refractivity contribution in [3.8, 4) is 5.88 Å². The summed E-state index contributed by atoms with van der Waals surface area (Å²) in [6.45, 7) is 6.04. The number of carboxylic acid groups (broad SMARTS) is 1. The number of ether oxygens (including phenoxy) is 1. The van der Waals surface area contributed by atoms with Gasteiger partial charge in [-0.3, -0.25) is 18.8 Å². The predicted molar refractivity (Wildman–Crippen MR) is 157 cm³/mol. The average molecular weight is 569 g/mol. The van der Waals surface area contributed by atoms with Crippen molar-refractivity contribution in [3.05, 3.63) is 84.1 Å². The molecule has 1 aromatic carbocycles. The van der Waals surface area contributed by atoms with Gasteiger partial charge in [0.15, 0.2) is 0 Å². The molecule has 5 heterocycles. The van der Waals surface area contributed by atoms with Crippen molar-refractivity contribution in [1.29, 1.82) is 0 Å². The Morgan fingerprint density at radius 2 is 1.86 bits per heavy atom. The lowest BCUT2D eigenvalue weighted by Gasteiger charge is -2.32. The Hall–Kier alpha value is -4.97. The second-order valence-corrected chi connectivity index (χ2v) is 10.1. The number of carbonyl (C=O) groups is 2. The first-order chi connectivity index (χ1) is 20.5. The largest absolute Gasteiger partial charge is 0.476 e. The lowest BCUT2D eigenvalue weighted by atomic mass is 10.1. The Kier molecular flexibility index (Phi) is 7.69. The van der Waals surface area contributed by atoms with Crippen LogP contribution in [-0.4, -0.2) is 90.4 Å². The van der Waals surface area contributed by atoms with Crippen molar-refractivity contribution in [3.63, 3.8) is 0 Å². The van der Waals surface area contributed by atoms with Crippen LogP contribution in [0.4, 0.5) is 10.5 Å². The number of hydrogen-bond acceptors (Lipinski definition) is 7. The van der Waals surface area contributed by atoms with E-state index in [1.807, 2.05) is 72.4 Å². The minimum absolute atomic E-state index is 0.244. The molecule has 2 amide bonds. The van der Waals surface area contributed by atoms with Gasteiger partial charge >= 0.3 is 6.09 Å². The van der Waals surface area contributed by atoms with E-state index in [-0.39, 0.29) is 5.91 Å². The fourth-order valence-corrected chi connectivity index (χ4v) is 5.29. The SMILES string of the molecule is CCc1nn(Cc2cccc(OCCN3CCN(C(=O)O)CC3)n2)c2cccc(NC(=O)c3cnc4ccccn34)c12. The Bertz CT molecular complexity index is 1740. The average Bonchev–Trinajstić information content (AvgIpc) is 3.60. The third-order valence-corrected chi connectivity index (χ3v) is 7.48. The normalized spacial score (nSPS) is 14.0. The van der Waals surface area contributed by atoms with Gasteiger partial charge in [-0.05, 0) is 36.8 Å². The zero-order valence-electron chi connectivity index (χ0n) is 23.3. The molecule has 1 saturated heterocycles. The lowest BCUT2D eigenvalue weighted by Crippen LogP contribution is -2.49. The summed E-state index contributed by atoms with van der Waals surface area (Å²) in [5.41, 5.74) is 4.44. The number of aryl methyl sites for hydroxylation is 1. The number of rotatable bonds is 9. The van der Waals surface area contributed by atoms with E-state index in [1.54, 1.807) is 10.6 Å². The maximum atomic E-state index is 13.2. The molecular formula is C30H32N8O4. The van der Waals surface area contributed by atoms with Crippen LogP contribution in [0, 0.1) is 0 Å². The fraction of sp³-hybridized carbons (Fsp3) is 0.300. The number of piperazine rings is 1. The molecule has 12 nitrogen and oxygen atoms in total. The van der Waals surface area contributed by atoms with Gasteiger partial charge in [-0.1, -0.05) is 25.1 Å². The Balaban J connectivity index is 1.15. The number of hydrogen-bond donors (Lipinski definition) is 2. The standard InChI is InChI=1S/C30H32N8O4/c1-2-22-28-23(33-29(39)25-19-31-26-10-3-4-12-37(25)26)8-6-9-24(28)38(34-22)20-21-7-5-11-27(32-21)42-18-17-35-13-15-36(16-14-35)30(40)41/h3-12,19H,2,13-18,20H2,1H3,(H,33,39)(H,40,41). The van der Waals surface area contributed by atoms with E-state index in [2.05, 4.69) is 15.2 Å². The first-order valence-electron chi connectivity index (χ1n) is 14.0. The Morgan fingerprint density at radius 1 is 1.02 bits per heavy atom. The molecule has 4 aromatic heterocycles. The molecule has 5 aromatic rings. The van der Waals surface area contributed by atoms with Gasteiger partial charge in [-0.2, -0.15) is 5.10 Å². The van der Waals surface area contributed by atoms with E-state index < -0.39 is 6.09 Å². The first-order valence-corrected chi connectivity index (χ1v) is 14.0. The van der Waals surface area contributed by atoms with Crippen LogP contribution in [0.15, 0.2) is 67.0 Å². The molecule has 1 fully saturated rings. The van der Waals surface area contributed by atoms with Crippen molar-refractivity contribution in [1.82, 2.24) is 33.9 Å². The summed E-state index contributed by atoms with van der Waals surface area (Å²) in [6.07, 6.45) is 3.23. The van der Waals surface area contributed by atoms with Gasteiger partial charge in [0.05, 0.1) is 35.3 Å².